The number of aliphatic hydroxyl groups is 1. The van der Waals surface area contributed by atoms with Crippen molar-refractivity contribution < 1.29 is 14.6 Å². The van der Waals surface area contributed by atoms with Gasteiger partial charge in [0, 0.05) is 29.3 Å². The van der Waals surface area contributed by atoms with E-state index in [1.807, 2.05) is 90.3 Å². The maximum absolute atomic E-state index is 12.5. The highest BCUT2D eigenvalue weighted by molar-refractivity contribution is 7.13. The van der Waals surface area contributed by atoms with Crippen LogP contribution < -0.4 is 20.7 Å². The van der Waals surface area contributed by atoms with Crippen LogP contribution in [0.25, 0.3) is 0 Å². The fraction of sp³-hybridized carbons (Fsp3) is 0.241. The van der Waals surface area contributed by atoms with Gasteiger partial charge in [0.05, 0.1) is 12.1 Å². The Kier molecular flexibility index (Phi) is 9.65. The molecule has 0 radical (unpaired) electrons. The monoisotopic (exact) mass is 516 g/mol. The molecule has 4 N–H and O–H groups in total. The predicted octanol–water partition coefficient (Wildman–Crippen LogP) is 5.03. The Labute approximate surface area is 221 Å². The van der Waals surface area contributed by atoms with Crippen LogP contribution in [0.1, 0.15) is 18.2 Å². The van der Waals surface area contributed by atoms with Crippen LogP contribution in [0.15, 0.2) is 90.3 Å². The van der Waals surface area contributed by atoms with E-state index in [-0.39, 0.29) is 25.0 Å². The van der Waals surface area contributed by atoms with Crippen molar-refractivity contribution in [2.45, 2.75) is 31.9 Å². The second-order valence-electron chi connectivity index (χ2n) is 8.85. The minimum absolute atomic E-state index is 0.106. The average molecular weight is 517 g/mol. The van der Waals surface area contributed by atoms with E-state index in [2.05, 4.69) is 27.9 Å². The van der Waals surface area contributed by atoms with Gasteiger partial charge in [-0.3, -0.25) is 4.79 Å². The van der Waals surface area contributed by atoms with Gasteiger partial charge >= 0.3 is 0 Å². The lowest BCUT2D eigenvalue weighted by Gasteiger charge is -2.18. The Balaban J connectivity index is 1.16. The zero-order valence-electron chi connectivity index (χ0n) is 20.8. The molecule has 8 heteroatoms. The van der Waals surface area contributed by atoms with Crippen molar-refractivity contribution in [1.82, 2.24) is 10.3 Å². The Bertz CT molecular complexity index is 1230. The van der Waals surface area contributed by atoms with Crippen molar-refractivity contribution in [2.24, 2.45) is 0 Å². The number of nitrogens with zero attached hydrogens (tertiary/aromatic N) is 1. The van der Waals surface area contributed by atoms with Crippen molar-refractivity contribution in [3.05, 3.63) is 102 Å². The first kappa shape index (κ1) is 26.3. The molecule has 3 aromatic carbocycles. The lowest BCUT2D eigenvalue weighted by molar-refractivity contribution is -0.115. The number of aliphatic hydroxyl groups excluding tert-OH is 1. The zero-order chi connectivity index (χ0) is 25.9. The van der Waals surface area contributed by atoms with Crippen LogP contribution >= 0.6 is 11.3 Å². The van der Waals surface area contributed by atoms with E-state index in [1.54, 1.807) is 0 Å². The van der Waals surface area contributed by atoms with Gasteiger partial charge in [-0.25, -0.2) is 4.98 Å². The summed E-state index contributed by atoms with van der Waals surface area (Å²) in [5.41, 5.74) is 3.59. The smallest absolute Gasteiger partial charge is 0.230 e. The maximum Gasteiger partial charge on any atom is 0.230 e. The summed E-state index contributed by atoms with van der Waals surface area (Å²) in [6.07, 6.45) is 0.422. The summed E-state index contributed by atoms with van der Waals surface area (Å²) in [7, 11) is 0. The molecule has 1 amide bonds. The summed E-state index contributed by atoms with van der Waals surface area (Å²) in [6.45, 7) is 2.76. The molecule has 1 unspecified atom stereocenters. The summed E-state index contributed by atoms with van der Waals surface area (Å²) in [5, 5.41) is 22.4. The van der Waals surface area contributed by atoms with Crippen LogP contribution in [0.4, 0.5) is 16.5 Å². The van der Waals surface area contributed by atoms with Crippen molar-refractivity contribution in [3.63, 3.8) is 0 Å². The summed E-state index contributed by atoms with van der Waals surface area (Å²) in [4.78, 5) is 17.0. The van der Waals surface area contributed by atoms with Crippen LogP contribution in [-0.2, 0) is 17.6 Å². The van der Waals surface area contributed by atoms with Crippen molar-refractivity contribution in [2.75, 3.05) is 23.8 Å². The summed E-state index contributed by atoms with van der Waals surface area (Å²) in [6, 6.07) is 27.3. The van der Waals surface area contributed by atoms with Crippen molar-refractivity contribution in [3.8, 4) is 5.75 Å². The van der Waals surface area contributed by atoms with Crippen molar-refractivity contribution in [1.29, 1.82) is 0 Å². The van der Waals surface area contributed by atoms with E-state index in [4.69, 9.17) is 4.74 Å². The number of hydrogen-bond acceptors (Lipinski definition) is 7. The number of benzene rings is 3. The highest BCUT2D eigenvalue weighted by Crippen LogP contribution is 2.21. The van der Waals surface area contributed by atoms with Gasteiger partial charge in [0.2, 0.25) is 5.91 Å². The molecule has 0 spiro atoms. The van der Waals surface area contributed by atoms with Gasteiger partial charge in [0.25, 0.3) is 0 Å². The number of ether oxygens (including phenoxy) is 1. The molecule has 2 atom stereocenters. The standard InChI is InChI=1S/C29H32N4O3S/c1-21(30-18-26(34)19-36-27-10-6-3-7-11-27)16-22-12-14-24(15-13-22)31-28(35)17-25-20-37-29(33-25)32-23-8-4-2-5-9-23/h2-15,20-21,26,30,34H,16-19H2,1H3,(H,31,35)(H,32,33)/t21-,26?/m0/s1. The molecule has 192 valence electrons. The summed E-state index contributed by atoms with van der Waals surface area (Å²) >= 11 is 1.48. The number of amides is 1. The number of carbonyl (C=O) groups excluding carboxylic acids is 1. The van der Waals surface area contributed by atoms with E-state index in [0.29, 0.717) is 6.54 Å². The Hall–Kier alpha value is -3.72. The highest BCUT2D eigenvalue weighted by Gasteiger charge is 2.11. The molecular formula is C29H32N4O3S. The first-order valence-electron chi connectivity index (χ1n) is 12.3. The lowest BCUT2D eigenvalue weighted by Crippen LogP contribution is -2.37. The molecule has 7 nitrogen and oxygen atoms in total. The van der Waals surface area contributed by atoms with E-state index >= 15 is 0 Å². The van der Waals surface area contributed by atoms with Crippen LogP contribution in [-0.4, -0.2) is 41.3 Å². The van der Waals surface area contributed by atoms with Gasteiger partial charge in [-0.15, -0.1) is 11.3 Å². The normalized spacial score (nSPS) is 12.5. The van der Waals surface area contributed by atoms with Crippen LogP contribution in [0.2, 0.25) is 0 Å². The number of hydrogen-bond donors (Lipinski definition) is 4. The SMILES string of the molecule is C[C@@H](Cc1ccc(NC(=O)Cc2csc(Nc3ccccc3)n2)cc1)NCC(O)COc1ccccc1. The Morgan fingerprint density at radius 1 is 0.973 bits per heavy atom. The first-order chi connectivity index (χ1) is 18.0. The van der Waals surface area contributed by atoms with E-state index in [9.17, 15) is 9.90 Å². The highest BCUT2D eigenvalue weighted by atomic mass is 32.1. The quantitative estimate of drug-likeness (QED) is 0.199. The molecule has 1 heterocycles. The fourth-order valence-electron chi connectivity index (χ4n) is 3.72. The Morgan fingerprint density at radius 3 is 2.41 bits per heavy atom. The molecule has 4 aromatic rings. The number of thiazole rings is 1. The topological polar surface area (TPSA) is 95.5 Å². The molecule has 1 aromatic heterocycles. The fourth-order valence-corrected chi connectivity index (χ4v) is 4.45. The molecule has 0 bridgehead atoms. The second-order valence-corrected chi connectivity index (χ2v) is 9.71. The van der Waals surface area contributed by atoms with Gasteiger partial charge in [-0.05, 0) is 55.3 Å². The van der Waals surface area contributed by atoms with Crippen molar-refractivity contribution >= 4 is 33.8 Å². The van der Waals surface area contributed by atoms with Gasteiger partial charge in [-0.2, -0.15) is 0 Å². The molecule has 0 saturated heterocycles. The third-order valence-corrected chi connectivity index (χ3v) is 6.39. The predicted molar refractivity (Wildman–Crippen MR) is 150 cm³/mol. The summed E-state index contributed by atoms with van der Waals surface area (Å²) in [5.74, 6) is 0.643. The van der Waals surface area contributed by atoms with Crippen LogP contribution in [0, 0.1) is 0 Å². The third kappa shape index (κ3) is 9.02. The zero-order valence-corrected chi connectivity index (χ0v) is 21.6. The number of rotatable bonds is 13. The minimum atomic E-state index is -0.594. The van der Waals surface area contributed by atoms with Gasteiger partial charge in [0.1, 0.15) is 18.5 Å². The van der Waals surface area contributed by atoms with Crippen LogP contribution in [0.3, 0.4) is 0 Å². The third-order valence-electron chi connectivity index (χ3n) is 5.59. The first-order valence-corrected chi connectivity index (χ1v) is 13.2. The van der Waals surface area contributed by atoms with E-state index in [1.165, 1.54) is 11.3 Å². The molecule has 0 saturated carbocycles. The van der Waals surface area contributed by atoms with E-state index in [0.717, 1.165) is 39.9 Å². The minimum Gasteiger partial charge on any atom is -0.491 e. The van der Waals surface area contributed by atoms with E-state index < -0.39 is 6.10 Å². The largest absolute Gasteiger partial charge is 0.491 e. The number of aromatic nitrogens is 1. The average Bonchev–Trinajstić information content (AvgIpc) is 3.34. The van der Waals surface area contributed by atoms with Crippen LogP contribution in [0.5, 0.6) is 5.75 Å². The molecule has 0 aliphatic rings. The summed E-state index contributed by atoms with van der Waals surface area (Å²) < 4.78 is 5.59. The Morgan fingerprint density at radius 2 is 1.68 bits per heavy atom. The molecular weight excluding hydrogens is 484 g/mol. The number of anilines is 3. The van der Waals surface area contributed by atoms with Gasteiger partial charge in [0.15, 0.2) is 5.13 Å². The van der Waals surface area contributed by atoms with Gasteiger partial charge in [-0.1, -0.05) is 48.5 Å². The second kappa shape index (κ2) is 13.5. The molecule has 4 rings (SSSR count). The molecule has 0 aliphatic heterocycles. The number of nitrogens with one attached hydrogen (secondary N) is 3. The molecule has 0 aliphatic carbocycles. The number of para-hydroxylation sites is 2. The molecule has 37 heavy (non-hydrogen) atoms. The lowest BCUT2D eigenvalue weighted by atomic mass is 10.1. The van der Waals surface area contributed by atoms with Gasteiger partial charge < -0.3 is 25.8 Å². The maximum atomic E-state index is 12.5. The molecule has 0 fully saturated rings. The number of carbonyl (C=O) groups is 1.